The Kier molecular flexibility index (Phi) is 3.26. The van der Waals surface area contributed by atoms with Crippen molar-refractivity contribution in [2.45, 2.75) is 39.8 Å². The van der Waals surface area contributed by atoms with E-state index in [0.29, 0.717) is 0 Å². The molecule has 0 saturated heterocycles. The predicted octanol–water partition coefficient (Wildman–Crippen LogP) is 2.47. The van der Waals surface area contributed by atoms with Crippen LogP contribution in [0.15, 0.2) is 0 Å². The molecule has 0 rings (SSSR count). The summed E-state index contributed by atoms with van der Waals surface area (Å²) in [4.78, 5) is 0. The Morgan fingerprint density at radius 3 is 1.89 bits per heavy atom. The molecule has 0 aliphatic carbocycles. The van der Waals surface area contributed by atoms with Crippen molar-refractivity contribution in [3.05, 3.63) is 0 Å². The van der Waals surface area contributed by atoms with Crippen molar-refractivity contribution in [1.29, 1.82) is 0 Å². The van der Waals surface area contributed by atoms with Gasteiger partial charge in [-0.25, -0.2) is 0 Å². The van der Waals surface area contributed by atoms with Gasteiger partial charge < -0.3 is 4.46 Å². The summed E-state index contributed by atoms with van der Waals surface area (Å²) in [6, 6.07) is 1.76. The highest BCUT2D eigenvalue weighted by molar-refractivity contribution is 6.42. The molecule has 0 amide bonds. The van der Waals surface area contributed by atoms with Crippen LogP contribution in [0.4, 0.5) is 0 Å². The molecular weight excluding hydrogens is 128 g/mol. The van der Waals surface area contributed by atoms with Crippen LogP contribution in [0.25, 0.3) is 0 Å². The Morgan fingerprint density at radius 2 is 1.78 bits per heavy atom. The minimum Gasteiger partial charge on any atom is -0.388 e. The van der Waals surface area contributed by atoms with E-state index in [0.717, 1.165) is 12.1 Å². The second-order valence-electron chi connectivity index (χ2n) is 3.63. The highest BCUT2D eigenvalue weighted by Crippen LogP contribution is 2.19. The first-order valence-electron chi connectivity index (χ1n) is 3.47. The van der Waals surface area contributed by atoms with Crippen molar-refractivity contribution in [3.63, 3.8) is 0 Å². The molecule has 0 aromatic heterocycles. The molecule has 0 aromatic carbocycles. The molecule has 0 spiro atoms. The van der Waals surface area contributed by atoms with Gasteiger partial charge in [0.15, 0.2) is 0 Å². The zero-order chi connectivity index (χ0) is 7.49. The fraction of sp³-hybridized carbons (Fsp3) is 1.00. The quantitative estimate of drug-likeness (QED) is 0.544. The molecule has 0 heterocycles. The molecule has 54 valence electrons. The monoisotopic (exact) mass is 144 g/mol. The molecule has 2 heteroatoms. The van der Waals surface area contributed by atoms with Crippen LogP contribution in [0, 0.1) is 5.41 Å². The van der Waals surface area contributed by atoms with Crippen LogP contribution in [0.1, 0.15) is 27.7 Å². The molecule has 0 N–H and O–H groups in total. The van der Waals surface area contributed by atoms with E-state index in [9.17, 15) is 4.46 Å². The Labute approximate surface area is 59.1 Å². The van der Waals surface area contributed by atoms with Gasteiger partial charge in [-0.05, 0) is 17.5 Å². The maximum Gasteiger partial charge on any atom is 0.276 e. The molecule has 0 bridgehead atoms. The zero-order valence-electron chi connectivity index (χ0n) is 6.82. The largest absolute Gasteiger partial charge is 0.388 e. The molecule has 1 nitrogen and oxygen atoms in total. The second kappa shape index (κ2) is 3.25. The SMILES string of the molecule is CC[Si](=O)CC(C)(C)C. The highest BCUT2D eigenvalue weighted by atomic mass is 28.3. The Bertz CT molecular complexity index is 102. The van der Waals surface area contributed by atoms with E-state index in [1.165, 1.54) is 0 Å². The zero-order valence-corrected chi connectivity index (χ0v) is 7.82. The first-order valence-corrected chi connectivity index (χ1v) is 5.29. The van der Waals surface area contributed by atoms with Gasteiger partial charge in [0.05, 0.1) is 0 Å². The third kappa shape index (κ3) is 5.89. The molecule has 0 atom stereocenters. The fourth-order valence-electron chi connectivity index (χ4n) is 0.717. The summed E-state index contributed by atoms with van der Waals surface area (Å²) < 4.78 is 11.0. The fourth-order valence-corrected chi connectivity index (χ4v) is 2.15. The molecule has 9 heavy (non-hydrogen) atoms. The molecule has 0 unspecified atom stereocenters. The molecule has 0 aliphatic rings. The van der Waals surface area contributed by atoms with Crippen LogP contribution in [0.5, 0.6) is 0 Å². The lowest BCUT2D eigenvalue weighted by atomic mass is 10.0. The lowest BCUT2D eigenvalue weighted by molar-refractivity contribution is 0.445. The molecule has 0 saturated carbocycles. The van der Waals surface area contributed by atoms with Crippen LogP contribution in [0.3, 0.4) is 0 Å². The first-order chi connectivity index (χ1) is 3.95. The van der Waals surface area contributed by atoms with E-state index in [2.05, 4.69) is 20.8 Å². The molecule has 0 fully saturated rings. The summed E-state index contributed by atoms with van der Waals surface area (Å²) in [5.41, 5.74) is 0.256. The Balaban J connectivity index is 3.60. The minimum absolute atomic E-state index is 0.256. The first kappa shape index (κ1) is 9.02. The van der Waals surface area contributed by atoms with Gasteiger partial charge in [-0.1, -0.05) is 27.7 Å². The summed E-state index contributed by atoms with van der Waals surface area (Å²) >= 11 is 0. The van der Waals surface area contributed by atoms with Crippen molar-refractivity contribution < 1.29 is 4.46 Å². The van der Waals surface area contributed by atoms with E-state index in [-0.39, 0.29) is 5.41 Å². The Morgan fingerprint density at radius 1 is 1.33 bits per heavy atom. The number of rotatable bonds is 2. The lowest BCUT2D eigenvalue weighted by Gasteiger charge is -2.14. The van der Waals surface area contributed by atoms with E-state index >= 15 is 0 Å². The van der Waals surface area contributed by atoms with Gasteiger partial charge in [-0.3, -0.25) is 0 Å². The second-order valence-corrected chi connectivity index (χ2v) is 5.77. The summed E-state index contributed by atoms with van der Waals surface area (Å²) in [6.07, 6.45) is 0. The maximum absolute atomic E-state index is 11.0. The van der Waals surface area contributed by atoms with E-state index in [4.69, 9.17) is 0 Å². The molecule has 0 radical (unpaired) electrons. The van der Waals surface area contributed by atoms with Crippen molar-refractivity contribution in [2.75, 3.05) is 0 Å². The summed E-state index contributed by atoms with van der Waals surface area (Å²) in [6.45, 7) is 8.38. The normalized spacial score (nSPS) is 11.6. The van der Waals surface area contributed by atoms with Gasteiger partial charge in [-0.15, -0.1) is 0 Å². The van der Waals surface area contributed by atoms with Crippen LogP contribution in [0.2, 0.25) is 12.1 Å². The predicted molar refractivity (Wildman–Crippen MR) is 41.2 cm³/mol. The van der Waals surface area contributed by atoms with Gasteiger partial charge in [0.25, 0.3) is 8.68 Å². The third-order valence-electron chi connectivity index (χ3n) is 1.12. The molecular formula is C7H16OSi. The standard InChI is InChI=1S/C7H16OSi/c1-5-9(8)6-7(2,3)4/h5-6H2,1-4H3. The molecule has 0 aliphatic heterocycles. The number of hydrogen-bond acceptors (Lipinski definition) is 1. The van der Waals surface area contributed by atoms with Gasteiger partial charge >= 0.3 is 0 Å². The summed E-state index contributed by atoms with van der Waals surface area (Å²) in [5, 5.41) is 0. The van der Waals surface area contributed by atoms with Gasteiger partial charge in [0.1, 0.15) is 0 Å². The van der Waals surface area contributed by atoms with E-state index in [1.54, 1.807) is 0 Å². The van der Waals surface area contributed by atoms with Crippen molar-refractivity contribution in [1.82, 2.24) is 0 Å². The van der Waals surface area contributed by atoms with Gasteiger partial charge in [0.2, 0.25) is 0 Å². The van der Waals surface area contributed by atoms with E-state index in [1.807, 2.05) is 6.92 Å². The third-order valence-corrected chi connectivity index (χ3v) is 3.37. The van der Waals surface area contributed by atoms with Crippen LogP contribution >= 0.6 is 0 Å². The van der Waals surface area contributed by atoms with Gasteiger partial charge in [0, 0.05) is 0 Å². The molecule has 0 aromatic rings. The average Bonchev–Trinajstić information content (AvgIpc) is 1.62. The minimum atomic E-state index is -1.24. The van der Waals surface area contributed by atoms with Crippen LogP contribution in [-0.4, -0.2) is 8.68 Å². The van der Waals surface area contributed by atoms with Crippen LogP contribution in [-0.2, 0) is 4.46 Å². The maximum atomic E-state index is 11.0. The van der Waals surface area contributed by atoms with Crippen molar-refractivity contribution >= 4 is 8.68 Å². The van der Waals surface area contributed by atoms with E-state index < -0.39 is 8.68 Å². The number of hydrogen-bond donors (Lipinski definition) is 0. The topological polar surface area (TPSA) is 17.1 Å². The summed E-state index contributed by atoms with van der Waals surface area (Å²) in [7, 11) is -1.24. The van der Waals surface area contributed by atoms with Crippen molar-refractivity contribution in [2.24, 2.45) is 5.41 Å². The summed E-state index contributed by atoms with van der Waals surface area (Å²) in [5.74, 6) is 0. The Hall–Kier alpha value is 0.0169. The van der Waals surface area contributed by atoms with Gasteiger partial charge in [-0.2, -0.15) is 0 Å². The van der Waals surface area contributed by atoms with Crippen molar-refractivity contribution in [3.8, 4) is 0 Å². The highest BCUT2D eigenvalue weighted by Gasteiger charge is 2.15. The average molecular weight is 144 g/mol. The van der Waals surface area contributed by atoms with Crippen LogP contribution < -0.4 is 0 Å². The smallest absolute Gasteiger partial charge is 0.276 e. The lowest BCUT2D eigenvalue weighted by Crippen LogP contribution is -2.11.